The van der Waals surface area contributed by atoms with Gasteiger partial charge in [0.15, 0.2) is 5.82 Å². The third-order valence-electron chi connectivity index (χ3n) is 5.10. The highest BCUT2D eigenvalue weighted by atomic mass is 35.5. The van der Waals surface area contributed by atoms with Gasteiger partial charge in [-0.05, 0) is 53.6 Å². The van der Waals surface area contributed by atoms with Gasteiger partial charge in [0.25, 0.3) is 5.91 Å². The highest BCUT2D eigenvalue weighted by Crippen LogP contribution is 2.23. The van der Waals surface area contributed by atoms with E-state index in [2.05, 4.69) is 15.4 Å². The van der Waals surface area contributed by atoms with Gasteiger partial charge >= 0.3 is 0 Å². The number of anilines is 1. The normalized spacial score (nSPS) is 10.6. The van der Waals surface area contributed by atoms with Crippen LogP contribution in [-0.4, -0.2) is 34.9 Å². The minimum absolute atomic E-state index is 0.163. The van der Waals surface area contributed by atoms with E-state index < -0.39 is 0 Å². The Bertz CT molecular complexity index is 1240. The molecule has 0 atom stereocenters. The second-order valence-electron chi connectivity index (χ2n) is 7.26. The van der Waals surface area contributed by atoms with Crippen LogP contribution < -0.4 is 14.8 Å². The van der Waals surface area contributed by atoms with E-state index in [1.54, 1.807) is 14.2 Å². The molecule has 0 unspecified atom stereocenters. The predicted molar refractivity (Wildman–Crippen MR) is 128 cm³/mol. The molecule has 0 fully saturated rings. The van der Waals surface area contributed by atoms with E-state index in [0.717, 1.165) is 28.2 Å². The molecule has 0 saturated heterocycles. The summed E-state index contributed by atoms with van der Waals surface area (Å²) in [5.74, 6) is 2.03. The van der Waals surface area contributed by atoms with Gasteiger partial charge in [-0.1, -0.05) is 41.9 Å². The lowest BCUT2D eigenvalue weighted by molar-refractivity contribution is 0.0901. The zero-order valence-electron chi connectivity index (χ0n) is 18.3. The zero-order chi connectivity index (χ0) is 23.2. The molecule has 1 aromatic heterocycles. The van der Waals surface area contributed by atoms with Crippen molar-refractivity contribution in [1.82, 2.24) is 14.8 Å². The van der Waals surface area contributed by atoms with Crippen molar-refractivity contribution >= 4 is 23.5 Å². The first-order valence-corrected chi connectivity index (χ1v) is 10.7. The number of aromatic nitrogens is 3. The number of nitrogens with one attached hydrogen (secondary N) is 1. The van der Waals surface area contributed by atoms with E-state index in [1.165, 1.54) is 4.68 Å². The van der Waals surface area contributed by atoms with Gasteiger partial charge in [-0.3, -0.25) is 4.79 Å². The second-order valence-corrected chi connectivity index (χ2v) is 7.67. The minimum atomic E-state index is -0.214. The van der Waals surface area contributed by atoms with Crippen LogP contribution in [0.15, 0.2) is 72.8 Å². The van der Waals surface area contributed by atoms with E-state index in [1.807, 2.05) is 72.8 Å². The lowest BCUT2D eigenvalue weighted by Gasteiger charge is -2.09. The van der Waals surface area contributed by atoms with Crippen molar-refractivity contribution in [3.8, 4) is 22.9 Å². The van der Waals surface area contributed by atoms with E-state index in [9.17, 15) is 4.79 Å². The number of hydrogen-bond donors (Lipinski definition) is 1. The van der Waals surface area contributed by atoms with E-state index in [0.29, 0.717) is 23.3 Å². The highest BCUT2D eigenvalue weighted by molar-refractivity contribution is 6.31. The number of hydrogen-bond acceptors (Lipinski definition) is 6. The molecule has 0 aliphatic heterocycles. The Labute approximate surface area is 196 Å². The van der Waals surface area contributed by atoms with Crippen molar-refractivity contribution in [2.24, 2.45) is 0 Å². The summed E-state index contributed by atoms with van der Waals surface area (Å²) in [7, 11) is 3.21. The Morgan fingerprint density at radius 2 is 1.58 bits per heavy atom. The Kier molecular flexibility index (Phi) is 6.90. The van der Waals surface area contributed by atoms with Gasteiger partial charge in [-0.15, -0.1) is 5.10 Å². The van der Waals surface area contributed by atoms with Crippen LogP contribution in [0.1, 0.15) is 15.9 Å². The summed E-state index contributed by atoms with van der Waals surface area (Å²) in [5, 5.41) is 8.34. The lowest BCUT2D eigenvalue weighted by atomic mass is 10.1. The quantitative estimate of drug-likeness (QED) is 0.392. The summed E-state index contributed by atoms with van der Waals surface area (Å²) in [6.07, 6.45) is 0.163. The van der Waals surface area contributed by atoms with E-state index in [4.69, 9.17) is 21.1 Å². The van der Waals surface area contributed by atoms with Crippen molar-refractivity contribution in [3.05, 3.63) is 88.9 Å². The molecule has 0 bridgehead atoms. The summed E-state index contributed by atoms with van der Waals surface area (Å²) in [6.45, 7) is 0.399. The maximum atomic E-state index is 13.2. The molecule has 168 valence electrons. The third-order valence-corrected chi connectivity index (χ3v) is 5.47. The summed E-state index contributed by atoms with van der Waals surface area (Å²) >= 11 is 6.28. The number of halogens is 1. The molecule has 0 spiro atoms. The predicted octanol–water partition coefficient (Wildman–Crippen LogP) is 5.11. The molecule has 4 rings (SSSR count). The monoisotopic (exact) mass is 462 g/mol. The molecule has 4 aromatic rings. The summed E-state index contributed by atoms with van der Waals surface area (Å²) in [5.41, 5.74) is 2.51. The molecule has 33 heavy (non-hydrogen) atoms. The molecule has 0 aliphatic carbocycles. The fourth-order valence-electron chi connectivity index (χ4n) is 3.27. The van der Waals surface area contributed by atoms with Crippen molar-refractivity contribution in [3.63, 3.8) is 0 Å². The van der Waals surface area contributed by atoms with Gasteiger partial charge < -0.3 is 14.8 Å². The number of nitrogens with zero attached hydrogens (tertiary/aromatic N) is 3. The van der Waals surface area contributed by atoms with Crippen LogP contribution in [0, 0.1) is 0 Å². The zero-order valence-corrected chi connectivity index (χ0v) is 19.0. The van der Waals surface area contributed by atoms with Crippen molar-refractivity contribution in [2.45, 2.75) is 13.0 Å². The van der Waals surface area contributed by atoms with Gasteiger partial charge in [0.1, 0.15) is 11.5 Å². The van der Waals surface area contributed by atoms with Gasteiger partial charge in [-0.25, -0.2) is 0 Å². The maximum Gasteiger partial charge on any atom is 0.254 e. The van der Waals surface area contributed by atoms with Gasteiger partial charge in [0.05, 0.1) is 20.6 Å². The first kappa shape index (κ1) is 22.4. The third kappa shape index (κ3) is 5.32. The fourth-order valence-corrected chi connectivity index (χ4v) is 3.47. The molecule has 0 amide bonds. The number of carbonyl (C=O) groups is 1. The van der Waals surface area contributed by atoms with Crippen LogP contribution in [0.3, 0.4) is 0 Å². The Balaban J connectivity index is 1.62. The SMILES string of the molecule is COc1ccc(CC(=O)n2nc(-c3ccc(OC)cc3)nc2NCc2ccccc2Cl)cc1. The molecule has 0 aliphatic rings. The largest absolute Gasteiger partial charge is 0.497 e. The molecule has 0 radical (unpaired) electrons. The molecule has 1 N–H and O–H groups in total. The number of methoxy groups -OCH3 is 2. The number of rotatable bonds is 8. The van der Waals surface area contributed by atoms with Crippen LogP contribution in [0.5, 0.6) is 11.5 Å². The van der Waals surface area contributed by atoms with Crippen LogP contribution >= 0.6 is 11.6 Å². The standard InChI is InChI=1S/C25H23ClN4O3/c1-32-20-11-7-17(8-12-20)15-23(31)30-25(27-16-19-5-3-4-6-22(19)26)28-24(29-30)18-9-13-21(33-2)14-10-18/h3-14H,15-16H2,1-2H3,(H,27,28,29). The average molecular weight is 463 g/mol. The summed E-state index contributed by atoms with van der Waals surface area (Å²) in [4.78, 5) is 17.7. The topological polar surface area (TPSA) is 78.3 Å². The van der Waals surface area contributed by atoms with Crippen molar-refractivity contribution in [2.75, 3.05) is 19.5 Å². The molecule has 8 heteroatoms. The number of benzene rings is 3. The lowest BCUT2D eigenvalue weighted by Crippen LogP contribution is -2.18. The maximum absolute atomic E-state index is 13.2. The minimum Gasteiger partial charge on any atom is -0.497 e. The van der Waals surface area contributed by atoms with Crippen LogP contribution in [0.4, 0.5) is 5.95 Å². The van der Waals surface area contributed by atoms with Crippen molar-refractivity contribution in [1.29, 1.82) is 0 Å². The second kappa shape index (κ2) is 10.2. The molecule has 0 saturated carbocycles. The Morgan fingerprint density at radius 3 is 2.21 bits per heavy atom. The average Bonchev–Trinajstić information content (AvgIpc) is 3.28. The van der Waals surface area contributed by atoms with E-state index >= 15 is 0 Å². The first-order valence-electron chi connectivity index (χ1n) is 10.3. The molecule has 1 heterocycles. The van der Waals surface area contributed by atoms with Crippen molar-refractivity contribution < 1.29 is 14.3 Å². The Morgan fingerprint density at radius 1 is 0.939 bits per heavy atom. The van der Waals surface area contributed by atoms with Crippen LogP contribution in [0.25, 0.3) is 11.4 Å². The number of ether oxygens (including phenoxy) is 2. The van der Waals surface area contributed by atoms with Crippen LogP contribution in [-0.2, 0) is 13.0 Å². The summed E-state index contributed by atoms with van der Waals surface area (Å²) in [6, 6.07) is 22.2. The van der Waals surface area contributed by atoms with Crippen LogP contribution in [0.2, 0.25) is 5.02 Å². The van der Waals surface area contributed by atoms with Gasteiger partial charge in [-0.2, -0.15) is 9.67 Å². The first-order chi connectivity index (χ1) is 16.1. The van der Waals surface area contributed by atoms with Gasteiger partial charge in [0.2, 0.25) is 5.95 Å². The van der Waals surface area contributed by atoms with E-state index in [-0.39, 0.29) is 12.3 Å². The molecule has 7 nitrogen and oxygen atoms in total. The molecule has 3 aromatic carbocycles. The number of carbonyl (C=O) groups excluding carboxylic acids is 1. The molecular formula is C25H23ClN4O3. The Hall–Kier alpha value is -3.84. The fraction of sp³-hybridized carbons (Fsp3) is 0.160. The summed E-state index contributed by atoms with van der Waals surface area (Å²) < 4.78 is 11.7. The highest BCUT2D eigenvalue weighted by Gasteiger charge is 2.18. The van der Waals surface area contributed by atoms with Gasteiger partial charge in [0, 0.05) is 17.1 Å². The smallest absolute Gasteiger partial charge is 0.254 e. The molecular weight excluding hydrogens is 440 g/mol.